The second-order valence-electron chi connectivity index (χ2n) is 5.85. The molecule has 3 aromatic rings. The van der Waals surface area contributed by atoms with Crippen molar-refractivity contribution in [1.29, 1.82) is 0 Å². The lowest BCUT2D eigenvalue weighted by atomic mass is 10.1. The van der Waals surface area contributed by atoms with E-state index in [9.17, 15) is 4.79 Å². The summed E-state index contributed by atoms with van der Waals surface area (Å²) in [5, 5.41) is 14.7. The number of hydrogen-bond donors (Lipinski definition) is 1. The van der Waals surface area contributed by atoms with E-state index in [1.54, 1.807) is 35.0 Å². The molecule has 0 aliphatic carbocycles. The summed E-state index contributed by atoms with van der Waals surface area (Å²) >= 11 is 0. The number of aromatic nitrogens is 6. The zero-order chi connectivity index (χ0) is 17.1. The van der Waals surface area contributed by atoms with Crippen molar-refractivity contribution in [2.75, 3.05) is 5.32 Å². The van der Waals surface area contributed by atoms with Crippen LogP contribution in [-0.2, 0) is 0 Å². The van der Waals surface area contributed by atoms with Crippen molar-refractivity contribution in [3.05, 3.63) is 48.8 Å². The van der Waals surface area contributed by atoms with Crippen LogP contribution in [0.4, 0.5) is 5.82 Å². The predicted molar refractivity (Wildman–Crippen MR) is 88.9 cm³/mol. The minimum absolute atomic E-state index is 0.173. The lowest BCUT2D eigenvalue weighted by Gasteiger charge is -2.19. The van der Waals surface area contributed by atoms with Gasteiger partial charge in [0.05, 0.1) is 12.2 Å². The van der Waals surface area contributed by atoms with Gasteiger partial charge in [0.1, 0.15) is 30.0 Å². The first-order valence-electron chi connectivity index (χ1n) is 7.73. The van der Waals surface area contributed by atoms with Gasteiger partial charge in [-0.2, -0.15) is 5.10 Å². The van der Waals surface area contributed by atoms with E-state index in [1.165, 1.54) is 12.7 Å². The highest BCUT2D eigenvalue weighted by atomic mass is 16.2. The lowest BCUT2D eigenvalue weighted by Crippen LogP contribution is -2.20. The Morgan fingerprint density at radius 3 is 2.58 bits per heavy atom. The Labute approximate surface area is 139 Å². The number of anilines is 1. The van der Waals surface area contributed by atoms with Crippen molar-refractivity contribution in [2.24, 2.45) is 5.92 Å². The standard InChI is InChI=1S/C16H19N7O/c1-11(2)12(3)23-15(7-8-19-23)21-16(24)13-5-4-6-14(20-13)22-9-17-18-10-22/h4-12H,1-3H3,(H,21,24)/t12-/m0/s1. The maximum atomic E-state index is 12.5. The van der Waals surface area contributed by atoms with Crippen LogP contribution < -0.4 is 5.32 Å². The highest BCUT2D eigenvalue weighted by Crippen LogP contribution is 2.21. The fourth-order valence-corrected chi connectivity index (χ4v) is 2.21. The molecule has 24 heavy (non-hydrogen) atoms. The van der Waals surface area contributed by atoms with Crippen LogP contribution in [0.1, 0.15) is 37.3 Å². The van der Waals surface area contributed by atoms with Crippen molar-refractivity contribution in [1.82, 2.24) is 29.5 Å². The van der Waals surface area contributed by atoms with Gasteiger partial charge in [0.15, 0.2) is 0 Å². The second kappa shape index (κ2) is 6.61. The third-order valence-electron chi connectivity index (χ3n) is 3.91. The summed E-state index contributed by atoms with van der Waals surface area (Å²) < 4.78 is 3.45. The number of hydrogen-bond acceptors (Lipinski definition) is 5. The van der Waals surface area contributed by atoms with E-state index in [-0.39, 0.29) is 11.9 Å². The largest absolute Gasteiger partial charge is 0.305 e. The Hall–Kier alpha value is -3.03. The van der Waals surface area contributed by atoms with Crippen molar-refractivity contribution in [3.63, 3.8) is 0 Å². The Morgan fingerprint density at radius 1 is 1.12 bits per heavy atom. The summed E-state index contributed by atoms with van der Waals surface area (Å²) in [6.45, 7) is 6.29. The zero-order valence-corrected chi connectivity index (χ0v) is 13.8. The molecule has 0 fully saturated rings. The number of nitrogens with one attached hydrogen (secondary N) is 1. The van der Waals surface area contributed by atoms with Crippen LogP contribution in [0.2, 0.25) is 0 Å². The molecule has 8 heteroatoms. The average molecular weight is 325 g/mol. The number of carbonyl (C=O) groups is 1. The zero-order valence-electron chi connectivity index (χ0n) is 13.8. The molecule has 3 heterocycles. The van der Waals surface area contributed by atoms with Gasteiger partial charge in [-0.05, 0) is 25.0 Å². The molecule has 0 aliphatic heterocycles. The first kappa shape index (κ1) is 15.9. The molecule has 0 bridgehead atoms. The van der Waals surface area contributed by atoms with Gasteiger partial charge in [-0.25, -0.2) is 9.67 Å². The third kappa shape index (κ3) is 3.17. The van der Waals surface area contributed by atoms with E-state index in [0.717, 1.165) is 0 Å². The third-order valence-corrected chi connectivity index (χ3v) is 3.91. The Kier molecular flexibility index (Phi) is 4.37. The summed E-state index contributed by atoms with van der Waals surface area (Å²) in [4.78, 5) is 16.9. The van der Waals surface area contributed by atoms with Gasteiger partial charge in [-0.15, -0.1) is 10.2 Å². The fourth-order valence-electron chi connectivity index (χ4n) is 2.21. The van der Waals surface area contributed by atoms with Crippen LogP contribution in [0.3, 0.4) is 0 Å². The maximum Gasteiger partial charge on any atom is 0.275 e. The first-order valence-corrected chi connectivity index (χ1v) is 7.73. The Bertz CT molecular complexity index is 823. The first-order chi connectivity index (χ1) is 11.6. The molecule has 0 saturated carbocycles. The summed E-state index contributed by atoms with van der Waals surface area (Å²) in [5.41, 5.74) is 0.311. The van der Waals surface area contributed by atoms with Crippen molar-refractivity contribution in [3.8, 4) is 5.82 Å². The second-order valence-corrected chi connectivity index (χ2v) is 5.85. The molecule has 1 amide bonds. The van der Waals surface area contributed by atoms with E-state index in [4.69, 9.17) is 0 Å². The number of pyridine rings is 1. The summed E-state index contributed by atoms with van der Waals surface area (Å²) in [6.07, 6.45) is 4.74. The highest BCUT2D eigenvalue weighted by Gasteiger charge is 2.16. The quantitative estimate of drug-likeness (QED) is 0.777. The van der Waals surface area contributed by atoms with Gasteiger partial charge in [0.25, 0.3) is 5.91 Å². The smallest absolute Gasteiger partial charge is 0.275 e. The van der Waals surface area contributed by atoms with Crippen molar-refractivity contribution >= 4 is 11.7 Å². The van der Waals surface area contributed by atoms with Crippen LogP contribution in [0.5, 0.6) is 0 Å². The van der Waals surface area contributed by atoms with E-state index >= 15 is 0 Å². The fraction of sp³-hybridized carbons (Fsp3) is 0.312. The summed E-state index contributed by atoms with van der Waals surface area (Å²) in [7, 11) is 0. The van der Waals surface area contributed by atoms with Crippen LogP contribution in [0, 0.1) is 5.92 Å². The Morgan fingerprint density at radius 2 is 1.88 bits per heavy atom. The molecule has 0 spiro atoms. The molecular formula is C16H19N7O. The lowest BCUT2D eigenvalue weighted by molar-refractivity contribution is 0.102. The van der Waals surface area contributed by atoms with E-state index in [0.29, 0.717) is 23.2 Å². The van der Waals surface area contributed by atoms with Crippen molar-refractivity contribution < 1.29 is 4.79 Å². The molecule has 124 valence electrons. The molecule has 8 nitrogen and oxygen atoms in total. The molecule has 0 aliphatic rings. The van der Waals surface area contributed by atoms with Gasteiger partial charge in [0, 0.05) is 6.07 Å². The Balaban J connectivity index is 1.82. The van der Waals surface area contributed by atoms with Crippen LogP contribution >= 0.6 is 0 Å². The molecule has 0 unspecified atom stereocenters. The monoisotopic (exact) mass is 325 g/mol. The van der Waals surface area contributed by atoms with Crippen molar-refractivity contribution in [2.45, 2.75) is 26.8 Å². The van der Waals surface area contributed by atoms with Gasteiger partial charge in [-0.3, -0.25) is 9.36 Å². The number of nitrogens with zero attached hydrogens (tertiary/aromatic N) is 6. The van der Waals surface area contributed by atoms with E-state index < -0.39 is 0 Å². The maximum absolute atomic E-state index is 12.5. The minimum Gasteiger partial charge on any atom is -0.305 e. The van der Waals surface area contributed by atoms with E-state index in [1.807, 2.05) is 4.68 Å². The number of carbonyl (C=O) groups excluding carboxylic acids is 1. The molecule has 1 N–H and O–H groups in total. The number of amides is 1. The van der Waals surface area contributed by atoms with Crippen LogP contribution in [0.25, 0.3) is 5.82 Å². The molecule has 0 radical (unpaired) electrons. The molecule has 0 aromatic carbocycles. The molecule has 3 rings (SSSR count). The SMILES string of the molecule is CC(C)[C@H](C)n1nccc1NC(=O)c1cccc(-n2cnnc2)n1. The summed E-state index contributed by atoms with van der Waals surface area (Å²) in [6, 6.07) is 7.17. The van der Waals surface area contributed by atoms with Gasteiger partial charge in [-0.1, -0.05) is 19.9 Å². The summed E-state index contributed by atoms with van der Waals surface area (Å²) in [5.74, 6) is 1.34. The van der Waals surface area contributed by atoms with Crippen LogP contribution in [-0.4, -0.2) is 35.4 Å². The van der Waals surface area contributed by atoms with E-state index in [2.05, 4.69) is 46.4 Å². The highest BCUT2D eigenvalue weighted by molar-refractivity contribution is 6.02. The minimum atomic E-state index is -0.289. The average Bonchev–Trinajstić information content (AvgIpc) is 3.26. The van der Waals surface area contributed by atoms with Crippen LogP contribution in [0.15, 0.2) is 43.1 Å². The normalized spacial score (nSPS) is 12.3. The molecule has 1 atom stereocenters. The van der Waals surface area contributed by atoms with Gasteiger partial charge < -0.3 is 5.32 Å². The topological polar surface area (TPSA) is 90.5 Å². The molecule has 3 aromatic heterocycles. The van der Waals surface area contributed by atoms with Gasteiger partial charge >= 0.3 is 0 Å². The number of rotatable bonds is 5. The molecule has 0 saturated heterocycles. The predicted octanol–water partition coefficient (Wildman–Crippen LogP) is 2.33. The molecular weight excluding hydrogens is 306 g/mol. The van der Waals surface area contributed by atoms with Gasteiger partial charge in [0.2, 0.25) is 0 Å².